The number of nitrogens with two attached hydrogens (primary N) is 1. The average molecular weight is 404 g/mol. The summed E-state index contributed by atoms with van der Waals surface area (Å²) < 4.78 is 38.0. The summed E-state index contributed by atoms with van der Waals surface area (Å²) in [6, 6.07) is 8.82. The van der Waals surface area contributed by atoms with Gasteiger partial charge in [-0.3, -0.25) is 0 Å². The van der Waals surface area contributed by atoms with Crippen LogP contribution in [-0.4, -0.2) is 13.1 Å². The van der Waals surface area contributed by atoms with Gasteiger partial charge in [-0.1, -0.05) is 26.0 Å². The standard InChI is InChI=1S/C19H16F2N2O4.C2H6/c1-23-19(25)27-17-8-16-12(7-15(17)21)14(9-20)13(18(24)26-16)6-10-3-2-4-11(22)5-10;1-2/h2-5,7-8H,6,9,22H2,1H3,(H,23,25);1-2H3. The minimum absolute atomic E-state index is 0.0223. The molecule has 0 aliphatic carbocycles. The van der Waals surface area contributed by atoms with E-state index in [1.54, 1.807) is 24.3 Å². The van der Waals surface area contributed by atoms with E-state index in [1.807, 2.05) is 13.8 Å². The fourth-order valence-electron chi connectivity index (χ4n) is 2.77. The molecule has 0 saturated heterocycles. The number of carbonyl (C=O) groups is 1. The van der Waals surface area contributed by atoms with Crippen molar-refractivity contribution in [2.24, 2.45) is 0 Å². The van der Waals surface area contributed by atoms with Crippen molar-refractivity contribution in [3.05, 3.63) is 69.3 Å². The summed E-state index contributed by atoms with van der Waals surface area (Å²) in [5.74, 6) is -1.32. The maximum Gasteiger partial charge on any atom is 0.412 e. The van der Waals surface area contributed by atoms with Gasteiger partial charge in [-0.25, -0.2) is 18.4 Å². The molecular formula is C21H22F2N2O4. The van der Waals surface area contributed by atoms with Gasteiger partial charge in [0.25, 0.3) is 0 Å². The number of rotatable bonds is 4. The van der Waals surface area contributed by atoms with Gasteiger partial charge in [0.15, 0.2) is 11.6 Å². The number of anilines is 1. The topological polar surface area (TPSA) is 94.6 Å². The summed E-state index contributed by atoms with van der Waals surface area (Å²) >= 11 is 0. The Bertz CT molecular complexity index is 1080. The number of amides is 1. The normalized spacial score (nSPS) is 10.2. The summed E-state index contributed by atoms with van der Waals surface area (Å²) in [4.78, 5) is 23.7. The van der Waals surface area contributed by atoms with E-state index < -0.39 is 30.0 Å². The summed E-state index contributed by atoms with van der Waals surface area (Å²) in [5, 5.41) is 2.27. The average Bonchev–Trinajstić information content (AvgIpc) is 2.71. The van der Waals surface area contributed by atoms with Crippen LogP contribution in [0, 0.1) is 5.82 Å². The minimum atomic E-state index is -0.991. The van der Waals surface area contributed by atoms with E-state index in [0.717, 1.165) is 12.1 Å². The fraction of sp³-hybridized carbons (Fsp3) is 0.238. The lowest BCUT2D eigenvalue weighted by atomic mass is 9.99. The molecule has 6 nitrogen and oxygen atoms in total. The van der Waals surface area contributed by atoms with Crippen LogP contribution in [0.4, 0.5) is 19.3 Å². The lowest BCUT2D eigenvalue weighted by Crippen LogP contribution is -2.22. The molecule has 0 aliphatic rings. The van der Waals surface area contributed by atoms with E-state index in [9.17, 15) is 18.4 Å². The molecule has 0 bridgehead atoms. The number of ether oxygens (including phenoxy) is 1. The lowest BCUT2D eigenvalue weighted by Gasteiger charge is -2.11. The number of hydrogen-bond acceptors (Lipinski definition) is 5. The first-order chi connectivity index (χ1) is 13.9. The zero-order valence-corrected chi connectivity index (χ0v) is 16.3. The van der Waals surface area contributed by atoms with Crippen molar-refractivity contribution >= 4 is 22.7 Å². The smallest absolute Gasteiger partial charge is 0.412 e. The second kappa shape index (κ2) is 9.68. The summed E-state index contributed by atoms with van der Waals surface area (Å²) in [5.41, 5.74) is 6.19. The highest BCUT2D eigenvalue weighted by Crippen LogP contribution is 2.29. The molecule has 0 aliphatic heterocycles. The molecule has 0 saturated carbocycles. The molecule has 3 N–H and O–H groups in total. The van der Waals surface area contributed by atoms with E-state index >= 15 is 0 Å². The number of carbonyl (C=O) groups excluding carboxylic acids is 1. The van der Waals surface area contributed by atoms with Crippen molar-refractivity contribution in [2.45, 2.75) is 26.9 Å². The first-order valence-electron chi connectivity index (χ1n) is 9.01. The largest absolute Gasteiger partial charge is 0.422 e. The second-order valence-corrected chi connectivity index (χ2v) is 5.82. The van der Waals surface area contributed by atoms with E-state index in [0.29, 0.717) is 11.3 Å². The van der Waals surface area contributed by atoms with Crippen LogP contribution in [0.5, 0.6) is 5.75 Å². The number of hydrogen-bond donors (Lipinski definition) is 2. The quantitative estimate of drug-likeness (QED) is 0.499. The number of fused-ring (bicyclic) bond motifs is 1. The van der Waals surface area contributed by atoms with Gasteiger partial charge < -0.3 is 20.2 Å². The van der Waals surface area contributed by atoms with Gasteiger partial charge in [-0.15, -0.1) is 0 Å². The molecule has 3 rings (SSSR count). The minimum Gasteiger partial charge on any atom is -0.422 e. The number of alkyl halides is 1. The monoisotopic (exact) mass is 404 g/mol. The van der Waals surface area contributed by atoms with Gasteiger partial charge in [-0.2, -0.15) is 0 Å². The molecule has 0 radical (unpaired) electrons. The maximum atomic E-state index is 14.3. The summed E-state index contributed by atoms with van der Waals surface area (Å²) in [6.45, 7) is 3.01. The predicted molar refractivity (Wildman–Crippen MR) is 107 cm³/mol. The maximum absolute atomic E-state index is 14.3. The van der Waals surface area contributed by atoms with Crippen LogP contribution < -0.4 is 21.4 Å². The van der Waals surface area contributed by atoms with Crippen LogP contribution in [0.15, 0.2) is 45.6 Å². The second-order valence-electron chi connectivity index (χ2n) is 5.82. The molecule has 0 fully saturated rings. The highest BCUT2D eigenvalue weighted by molar-refractivity contribution is 5.84. The molecule has 1 aromatic heterocycles. The molecule has 0 spiro atoms. The Kier molecular flexibility index (Phi) is 7.30. The predicted octanol–water partition coefficient (Wildman–Crippen LogP) is 4.32. The van der Waals surface area contributed by atoms with E-state index in [-0.39, 0.29) is 28.5 Å². The van der Waals surface area contributed by atoms with Crippen molar-refractivity contribution in [1.82, 2.24) is 5.32 Å². The number of benzene rings is 2. The van der Waals surface area contributed by atoms with E-state index in [1.165, 1.54) is 7.05 Å². The molecule has 2 aromatic carbocycles. The van der Waals surface area contributed by atoms with Gasteiger partial charge >= 0.3 is 11.7 Å². The Balaban J connectivity index is 0.00000145. The Morgan fingerprint density at radius 3 is 2.55 bits per heavy atom. The summed E-state index contributed by atoms with van der Waals surface area (Å²) in [7, 11) is 1.31. The van der Waals surface area contributed by atoms with Gasteiger partial charge in [-0.05, 0) is 23.8 Å². The number of halogens is 2. The highest BCUT2D eigenvalue weighted by atomic mass is 19.1. The molecule has 154 valence electrons. The van der Waals surface area contributed by atoms with E-state index in [4.69, 9.17) is 14.9 Å². The van der Waals surface area contributed by atoms with Crippen LogP contribution in [0.1, 0.15) is 30.5 Å². The third-order valence-electron chi connectivity index (χ3n) is 4.04. The van der Waals surface area contributed by atoms with Crippen LogP contribution in [0.2, 0.25) is 0 Å². The van der Waals surface area contributed by atoms with Crippen LogP contribution in [0.25, 0.3) is 11.0 Å². The van der Waals surface area contributed by atoms with Crippen molar-refractivity contribution in [2.75, 3.05) is 12.8 Å². The Labute approximate surface area is 166 Å². The Hall–Kier alpha value is -3.42. The molecule has 8 heteroatoms. The molecule has 1 heterocycles. The van der Waals surface area contributed by atoms with Crippen molar-refractivity contribution in [3.8, 4) is 5.75 Å². The van der Waals surface area contributed by atoms with Crippen molar-refractivity contribution < 1.29 is 22.7 Å². The van der Waals surface area contributed by atoms with Gasteiger partial charge in [0.05, 0.1) is 0 Å². The molecule has 3 aromatic rings. The Morgan fingerprint density at radius 1 is 1.21 bits per heavy atom. The van der Waals surface area contributed by atoms with Crippen molar-refractivity contribution in [3.63, 3.8) is 0 Å². The van der Waals surface area contributed by atoms with Crippen LogP contribution >= 0.6 is 0 Å². The highest BCUT2D eigenvalue weighted by Gasteiger charge is 2.19. The first-order valence-corrected chi connectivity index (χ1v) is 9.01. The van der Waals surface area contributed by atoms with Gasteiger partial charge in [0.1, 0.15) is 12.3 Å². The molecule has 29 heavy (non-hydrogen) atoms. The van der Waals surface area contributed by atoms with E-state index in [2.05, 4.69) is 5.32 Å². The molecular weight excluding hydrogens is 382 g/mol. The van der Waals surface area contributed by atoms with Gasteiger partial charge in [0, 0.05) is 41.7 Å². The lowest BCUT2D eigenvalue weighted by molar-refractivity contribution is 0.201. The molecule has 0 unspecified atom stereocenters. The fourth-order valence-corrected chi connectivity index (χ4v) is 2.77. The number of nitrogen functional groups attached to an aromatic ring is 1. The molecule has 1 amide bonds. The Morgan fingerprint density at radius 2 is 1.93 bits per heavy atom. The SMILES string of the molecule is CC.CNC(=O)Oc1cc2oc(=O)c(Cc3cccc(N)c3)c(CF)c2cc1F. The zero-order valence-electron chi connectivity index (χ0n) is 16.3. The molecule has 0 atom stereocenters. The number of nitrogens with one attached hydrogen (secondary N) is 1. The van der Waals surface area contributed by atoms with Crippen LogP contribution in [0.3, 0.4) is 0 Å². The van der Waals surface area contributed by atoms with Crippen molar-refractivity contribution in [1.29, 1.82) is 0 Å². The third-order valence-corrected chi connectivity index (χ3v) is 4.04. The first kappa shape index (κ1) is 21.9. The van der Waals surface area contributed by atoms with Crippen LogP contribution in [-0.2, 0) is 13.1 Å². The summed E-state index contributed by atoms with van der Waals surface area (Å²) in [6.07, 6.45) is -0.805. The third kappa shape index (κ3) is 4.90. The van der Waals surface area contributed by atoms with Gasteiger partial charge in [0.2, 0.25) is 0 Å². The zero-order chi connectivity index (χ0) is 21.6.